The van der Waals surface area contributed by atoms with Crippen molar-refractivity contribution >= 4 is 23.5 Å². The van der Waals surface area contributed by atoms with Gasteiger partial charge < -0.3 is 0 Å². The summed E-state index contributed by atoms with van der Waals surface area (Å²) in [5, 5.41) is 31.7. The molecule has 0 aliphatic carbocycles. The molecule has 8 nitrogen and oxygen atoms in total. The molecule has 0 bridgehead atoms. The Kier molecular flexibility index (Phi) is 5.41. The highest BCUT2D eigenvalue weighted by atomic mass is 32.2. The molecule has 0 amide bonds. The molecule has 0 saturated carbocycles. The number of hydrogen-bond donors (Lipinski definition) is 2. The predicted molar refractivity (Wildman–Crippen MR) is 72.8 cm³/mol. The third kappa shape index (κ3) is 4.26. The summed E-state index contributed by atoms with van der Waals surface area (Å²) < 4.78 is 0. The van der Waals surface area contributed by atoms with Crippen LogP contribution in [0.5, 0.6) is 0 Å². The molecule has 0 spiro atoms. The van der Waals surface area contributed by atoms with E-state index in [1.165, 1.54) is 23.5 Å². The van der Waals surface area contributed by atoms with Crippen molar-refractivity contribution < 1.29 is 0 Å². The lowest BCUT2D eigenvalue weighted by Gasteiger charge is -1.92. The first-order valence-electron chi connectivity index (χ1n) is 5.64. The molecule has 0 saturated heterocycles. The van der Waals surface area contributed by atoms with Crippen molar-refractivity contribution in [2.75, 3.05) is 11.5 Å². The predicted octanol–water partition coefficient (Wildman–Crippen LogP) is 0.939. The zero-order valence-corrected chi connectivity index (χ0v) is 12.0. The summed E-state index contributed by atoms with van der Waals surface area (Å²) in [7, 11) is 0. The summed E-state index contributed by atoms with van der Waals surface area (Å²) in [5.41, 5.74) is 0. The number of aromatic nitrogens is 6. The fourth-order valence-corrected chi connectivity index (χ4v) is 2.30. The number of nitriles is 2. The standard InChI is InChI=1S/C10H10N8S2/c11-3-5-19-9-13-7(15-17-9)1-2-8-14-10(18-16-8)20-6-4-12/h1-2,5-6H2,(H,13,15,17)(H,14,16,18). The van der Waals surface area contributed by atoms with Gasteiger partial charge in [0, 0.05) is 12.8 Å². The molecule has 102 valence electrons. The van der Waals surface area contributed by atoms with Gasteiger partial charge in [-0.3, -0.25) is 10.2 Å². The van der Waals surface area contributed by atoms with Gasteiger partial charge >= 0.3 is 0 Å². The molecular formula is C10H10N8S2. The van der Waals surface area contributed by atoms with E-state index in [4.69, 9.17) is 10.5 Å². The fraction of sp³-hybridized carbons (Fsp3) is 0.400. The first kappa shape index (κ1) is 14.4. The largest absolute Gasteiger partial charge is 0.262 e. The van der Waals surface area contributed by atoms with Gasteiger partial charge in [0.25, 0.3) is 0 Å². The second-order valence-electron chi connectivity index (χ2n) is 3.52. The van der Waals surface area contributed by atoms with E-state index in [9.17, 15) is 0 Å². The molecule has 2 heterocycles. The van der Waals surface area contributed by atoms with Gasteiger partial charge in [-0.1, -0.05) is 23.5 Å². The van der Waals surface area contributed by atoms with E-state index in [2.05, 4.69) is 30.4 Å². The van der Waals surface area contributed by atoms with Crippen LogP contribution in [-0.2, 0) is 12.8 Å². The Labute approximate surface area is 123 Å². The summed E-state index contributed by atoms with van der Waals surface area (Å²) in [4.78, 5) is 8.51. The molecule has 2 aromatic heterocycles. The Morgan fingerprint density at radius 1 is 0.850 bits per heavy atom. The molecule has 10 heteroatoms. The van der Waals surface area contributed by atoms with Crippen LogP contribution in [0.25, 0.3) is 0 Å². The number of aromatic amines is 2. The summed E-state index contributed by atoms with van der Waals surface area (Å²) in [6.45, 7) is 0. The van der Waals surface area contributed by atoms with E-state index < -0.39 is 0 Å². The molecule has 20 heavy (non-hydrogen) atoms. The summed E-state index contributed by atoms with van der Waals surface area (Å²) >= 11 is 2.58. The maximum atomic E-state index is 8.47. The maximum Gasteiger partial charge on any atom is 0.209 e. The highest BCUT2D eigenvalue weighted by Gasteiger charge is 2.07. The number of nitrogens with zero attached hydrogens (tertiary/aromatic N) is 6. The molecule has 0 aromatic carbocycles. The lowest BCUT2D eigenvalue weighted by molar-refractivity contribution is 0.813. The van der Waals surface area contributed by atoms with Crippen molar-refractivity contribution in [1.29, 1.82) is 10.5 Å². The average molecular weight is 306 g/mol. The van der Waals surface area contributed by atoms with E-state index in [-0.39, 0.29) is 0 Å². The number of aryl methyl sites for hydroxylation is 2. The van der Waals surface area contributed by atoms with E-state index in [0.717, 1.165) is 11.6 Å². The number of thioether (sulfide) groups is 2. The van der Waals surface area contributed by atoms with Crippen LogP contribution < -0.4 is 0 Å². The van der Waals surface area contributed by atoms with Gasteiger partial charge in [0.2, 0.25) is 10.3 Å². The van der Waals surface area contributed by atoms with E-state index in [1.54, 1.807) is 0 Å². The number of hydrogen-bond acceptors (Lipinski definition) is 8. The Balaban J connectivity index is 1.83. The molecule has 0 aliphatic rings. The first-order chi connectivity index (χ1) is 9.81. The topological polar surface area (TPSA) is 131 Å². The normalized spacial score (nSPS) is 10.1. The second kappa shape index (κ2) is 7.53. The molecule has 0 radical (unpaired) electrons. The molecule has 0 atom stereocenters. The third-order valence-corrected chi connectivity index (χ3v) is 3.58. The summed E-state index contributed by atoms with van der Waals surface area (Å²) in [5.74, 6) is 2.15. The zero-order chi connectivity index (χ0) is 14.2. The smallest absolute Gasteiger partial charge is 0.209 e. The number of nitrogens with one attached hydrogen (secondary N) is 2. The first-order valence-corrected chi connectivity index (χ1v) is 7.61. The van der Waals surface area contributed by atoms with Gasteiger partial charge in [-0.2, -0.15) is 10.5 Å². The van der Waals surface area contributed by atoms with Crippen LogP contribution in [0.15, 0.2) is 10.3 Å². The van der Waals surface area contributed by atoms with E-state index >= 15 is 0 Å². The van der Waals surface area contributed by atoms with Crippen molar-refractivity contribution in [3.63, 3.8) is 0 Å². The SMILES string of the molecule is N#CCSc1n[nH]c(CCc2nc(SCC#N)n[nH]2)n1. The van der Waals surface area contributed by atoms with Crippen LogP contribution in [0, 0.1) is 22.7 Å². The van der Waals surface area contributed by atoms with Crippen LogP contribution in [0.1, 0.15) is 11.6 Å². The Bertz CT molecular complexity index is 578. The van der Waals surface area contributed by atoms with E-state index in [1.807, 2.05) is 12.1 Å². The third-order valence-electron chi connectivity index (χ3n) is 2.15. The molecule has 0 fully saturated rings. The Hall–Kier alpha value is -2.04. The van der Waals surface area contributed by atoms with Crippen molar-refractivity contribution in [3.05, 3.63) is 11.6 Å². The van der Waals surface area contributed by atoms with Gasteiger partial charge in [0.15, 0.2) is 0 Å². The van der Waals surface area contributed by atoms with Crippen molar-refractivity contribution in [2.24, 2.45) is 0 Å². The van der Waals surface area contributed by atoms with E-state index in [0.29, 0.717) is 34.7 Å². The highest BCUT2D eigenvalue weighted by Crippen LogP contribution is 2.13. The van der Waals surface area contributed by atoms with Gasteiger partial charge in [0.05, 0.1) is 23.6 Å². The fourth-order valence-electron chi connectivity index (χ4n) is 1.34. The van der Waals surface area contributed by atoms with Crippen molar-refractivity contribution in [1.82, 2.24) is 30.4 Å². The summed E-state index contributed by atoms with van der Waals surface area (Å²) in [6.07, 6.45) is 1.30. The van der Waals surface area contributed by atoms with Crippen molar-refractivity contribution in [2.45, 2.75) is 23.2 Å². The maximum absolute atomic E-state index is 8.47. The highest BCUT2D eigenvalue weighted by molar-refractivity contribution is 7.99. The molecule has 2 rings (SSSR count). The number of rotatable bonds is 7. The second-order valence-corrected chi connectivity index (χ2v) is 5.41. The lowest BCUT2D eigenvalue weighted by Crippen LogP contribution is -1.95. The van der Waals surface area contributed by atoms with Gasteiger partial charge in [0.1, 0.15) is 11.6 Å². The van der Waals surface area contributed by atoms with Gasteiger partial charge in [-0.05, 0) is 0 Å². The zero-order valence-electron chi connectivity index (χ0n) is 10.3. The Morgan fingerprint density at radius 3 is 1.70 bits per heavy atom. The Morgan fingerprint density at radius 2 is 1.30 bits per heavy atom. The molecular weight excluding hydrogens is 296 g/mol. The van der Waals surface area contributed by atoms with Crippen LogP contribution in [0.4, 0.5) is 0 Å². The lowest BCUT2D eigenvalue weighted by atomic mass is 10.3. The van der Waals surface area contributed by atoms with Crippen LogP contribution in [0.2, 0.25) is 0 Å². The average Bonchev–Trinajstić information content (AvgIpc) is 3.10. The van der Waals surface area contributed by atoms with Gasteiger partial charge in [-0.15, -0.1) is 10.2 Å². The van der Waals surface area contributed by atoms with Crippen molar-refractivity contribution in [3.8, 4) is 12.1 Å². The van der Waals surface area contributed by atoms with Crippen LogP contribution in [0.3, 0.4) is 0 Å². The molecule has 2 N–H and O–H groups in total. The quantitative estimate of drug-likeness (QED) is 0.722. The van der Waals surface area contributed by atoms with Crippen LogP contribution >= 0.6 is 23.5 Å². The number of H-pyrrole nitrogens is 2. The minimum atomic E-state index is 0.332. The van der Waals surface area contributed by atoms with Crippen LogP contribution in [-0.4, -0.2) is 41.9 Å². The minimum absolute atomic E-state index is 0.332. The molecule has 0 unspecified atom stereocenters. The summed E-state index contributed by atoms with van der Waals surface area (Å²) in [6, 6.07) is 4.05. The molecule has 0 aliphatic heterocycles. The van der Waals surface area contributed by atoms with Gasteiger partial charge in [-0.25, -0.2) is 9.97 Å². The molecule has 2 aromatic rings. The minimum Gasteiger partial charge on any atom is -0.262 e. The monoisotopic (exact) mass is 306 g/mol.